The first-order valence-corrected chi connectivity index (χ1v) is 5.91. The van der Waals surface area contributed by atoms with Gasteiger partial charge in [-0.1, -0.05) is 24.3 Å². The third-order valence-corrected chi connectivity index (χ3v) is 3.71. The van der Waals surface area contributed by atoms with E-state index in [2.05, 4.69) is 0 Å². The van der Waals surface area contributed by atoms with E-state index in [4.69, 9.17) is 0 Å². The Balaban J connectivity index is 2.37. The van der Waals surface area contributed by atoms with Crippen molar-refractivity contribution < 1.29 is 4.39 Å². The van der Waals surface area contributed by atoms with E-state index in [9.17, 15) is 9.18 Å². The number of hydrogen-bond donors (Lipinski definition) is 0. The van der Waals surface area contributed by atoms with Crippen molar-refractivity contribution in [1.82, 2.24) is 3.96 Å². The molecule has 2 nitrogen and oxygen atoms in total. The fourth-order valence-electron chi connectivity index (χ4n) is 1.75. The van der Waals surface area contributed by atoms with Crippen molar-refractivity contribution in [2.75, 3.05) is 0 Å². The average Bonchev–Trinajstić information content (AvgIpc) is 2.70. The third kappa shape index (κ3) is 1.57. The minimum Gasteiger partial charge on any atom is -0.267 e. The number of aromatic nitrogens is 1. The van der Waals surface area contributed by atoms with Crippen LogP contribution in [0.25, 0.3) is 15.8 Å². The summed E-state index contributed by atoms with van der Waals surface area (Å²) in [5.41, 5.74) is 0.591. The van der Waals surface area contributed by atoms with Gasteiger partial charge in [-0.05, 0) is 35.8 Å². The van der Waals surface area contributed by atoms with Crippen molar-refractivity contribution in [3.63, 3.8) is 0 Å². The molecule has 3 aromatic rings. The van der Waals surface area contributed by atoms with Gasteiger partial charge < -0.3 is 0 Å². The molecular weight excluding hydrogens is 237 g/mol. The number of nitrogens with zero attached hydrogens (tertiary/aromatic N) is 1. The number of benzene rings is 2. The largest absolute Gasteiger partial charge is 0.273 e. The molecule has 0 unspecified atom stereocenters. The first-order valence-electron chi connectivity index (χ1n) is 5.13. The van der Waals surface area contributed by atoms with Crippen LogP contribution in [0.1, 0.15) is 0 Å². The lowest BCUT2D eigenvalue weighted by molar-refractivity contribution is 0.641. The van der Waals surface area contributed by atoms with Crippen LogP contribution >= 0.6 is 11.5 Å². The number of rotatable bonds is 1. The zero-order valence-electron chi connectivity index (χ0n) is 8.76. The monoisotopic (exact) mass is 245 g/mol. The maximum absolute atomic E-state index is 13.6. The standard InChI is InChI=1S/C13H8FNOS/c14-11-8-4-7-10-12(11)17-15(13(10)16)9-5-2-1-3-6-9/h1-8H. The van der Waals surface area contributed by atoms with E-state index in [1.807, 2.05) is 30.3 Å². The summed E-state index contributed by atoms with van der Waals surface area (Å²) in [7, 11) is 0. The van der Waals surface area contributed by atoms with E-state index in [0.29, 0.717) is 10.1 Å². The smallest absolute Gasteiger partial charge is 0.267 e. The second kappa shape index (κ2) is 3.82. The molecule has 1 heterocycles. The molecule has 4 heteroatoms. The molecule has 0 aliphatic carbocycles. The predicted molar refractivity (Wildman–Crippen MR) is 67.4 cm³/mol. The molecule has 0 fully saturated rings. The van der Waals surface area contributed by atoms with Gasteiger partial charge >= 0.3 is 0 Å². The van der Waals surface area contributed by atoms with E-state index < -0.39 is 0 Å². The molecule has 0 bridgehead atoms. The van der Waals surface area contributed by atoms with Gasteiger partial charge in [0, 0.05) is 0 Å². The fraction of sp³-hybridized carbons (Fsp3) is 0. The summed E-state index contributed by atoms with van der Waals surface area (Å²) in [5, 5.41) is 0.429. The van der Waals surface area contributed by atoms with Crippen LogP contribution in [0.5, 0.6) is 0 Å². The van der Waals surface area contributed by atoms with Gasteiger partial charge in [0.2, 0.25) is 0 Å². The summed E-state index contributed by atoms with van der Waals surface area (Å²) in [6, 6.07) is 13.8. The van der Waals surface area contributed by atoms with Crippen molar-refractivity contribution in [2.24, 2.45) is 0 Å². The molecule has 0 amide bonds. The molecule has 3 rings (SSSR count). The number of halogens is 1. The second-order valence-corrected chi connectivity index (χ2v) is 4.60. The maximum atomic E-state index is 13.6. The lowest BCUT2D eigenvalue weighted by atomic mass is 10.2. The minimum atomic E-state index is -0.348. The van der Waals surface area contributed by atoms with Crippen LogP contribution in [-0.4, -0.2) is 3.96 Å². The predicted octanol–water partition coefficient (Wildman–Crippen LogP) is 3.19. The number of fused-ring (bicyclic) bond motifs is 1. The Morgan fingerprint density at radius 3 is 2.47 bits per heavy atom. The zero-order valence-corrected chi connectivity index (χ0v) is 9.58. The van der Waals surface area contributed by atoms with Crippen LogP contribution in [0.15, 0.2) is 53.3 Å². The Kier molecular flexibility index (Phi) is 2.30. The van der Waals surface area contributed by atoms with Gasteiger partial charge in [-0.3, -0.25) is 4.79 Å². The fourth-order valence-corrected chi connectivity index (χ4v) is 2.75. The molecule has 0 spiro atoms. The highest BCUT2D eigenvalue weighted by atomic mass is 32.1. The molecule has 0 N–H and O–H groups in total. The van der Waals surface area contributed by atoms with Crippen molar-refractivity contribution in [1.29, 1.82) is 0 Å². The summed E-state index contributed by atoms with van der Waals surface area (Å²) in [6.07, 6.45) is 0. The Labute approximate surface area is 101 Å². The Hall–Kier alpha value is -1.94. The lowest BCUT2D eigenvalue weighted by Crippen LogP contribution is -2.10. The highest BCUT2D eigenvalue weighted by Crippen LogP contribution is 2.22. The van der Waals surface area contributed by atoms with Gasteiger partial charge in [-0.15, -0.1) is 0 Å². The molecule has 0 saturated carbocycles. The van der Waals surface area contributed by atoms with Crippen LogP contribution in [0.4, 0.5) is 4.39 Å². The van der Waals surface area contributed by atoms with Gasteiger partial charge in [0.25, 0.3) is 5.56 Å². The summed E-state index contributed by atoms with van der Waals surface area (Å²) in [5.74, 6) is -0.348. The molecular formula is C13H8FNOS. The minimum absolute atomic E-state index is 0.171. The SMILES string of the molecule is O=c1c2cccc(F)c2sn1-c1ccccc1. The second-order valence-electron chi connectivity index (χ2n) is 3.64. The molecule has 1 aromatic heterocycles. The quantitative estimate of drug-likeness (QED) is 0.645. The van der Waals surface area contributed by atoms with E-state index >= 15 is 0 Å². The molecule has 17 heavy (non-hydrogen) atoms. The molecule has 84 valence electrons. The molecule has 0 atom stereocenters. The molecule has 0 saturated heterocycles. The van der Waals surface area contributed by atoms with Crippen LogP contribution in [-0.2, 0) is 0 Å². The number of para-hydroxylation sites is 1. The van der Waals surface area contributed by atoms with Gasteiger partial charge in [0.15, 0.2) is 0 Å². The Morgan fingerprint density at radius 1 is 1.00 bits per heavy atom. The Bertz CT molecular complexity index is 730. The summed E-state index contributed by atoms with van der Waals surface area (Å²) in [6.45, 7) is 0. The highest BCUT2D eigenvalue weighted by molar-refractivity contribution is 7.14. The first-order chi connectivity index (χ1) is 8.27. The van der Waals surface area contributed by atoms with Crippen molar-refractivity contribution in [2.45, 2.75) is 0 Å². The third-order valence-electron chi connectivity index (χ3n) is 2.56. The van der Waals surface area contributed by atoms with Crippen LogP contribution in [0.2, 0.25) is 0 Å². The van der Waals surface area contributed by atoms with Crippen molar-refractivity contribution in [3.05, 3.63) is 64.7 Å². The number of hydrogen-bond acceptors (Lipinski definition) is 2. The summed E-state index contributed by atoms with van der Waals surface area (Å²) < 4.78 is 15.5. The van der Waals surface area contributed by atoms with Crippen LogP contribution in [0, 0.1) is 5.82 Å². The summed E-state index contributed by atoms with van der Waals surface area (Å²) >= 11 is 1.13. The Morgan fingerprint density at radius 2 is 1.76 bits per heavy atom. The topological polar surface area (TPSA) is 22.0 Å². The molecule has 0 aliphatic heterocycles. The van der Waals surface area contributed by atoms with Gasteiger partial charge in [-0.25, -0.2) is 8.35 Å². The molecule has 0 radical (unpaired) electrons. The van der Waals surface area contributed by atoms with Gasteiger partial charge in [-0.2, -0.15) is 0 Å². The summed E-state index contributed by atoms with van der Waals surface area (Å²) in [4.78, 5) is 12.1. The molecule has 2 aromatic carbocycles. The van der Waals surface area contributed by atoms with E-state index in [1.54, 1.807) is 12.1 Å². The zero-order chi connectivity index (χ0) is 11.8. The highest BCUT2D eigenvalue weighted by Gasteiger charge is 2.11. The van der Waals surface area contributed by atoms with Crippen molar-refractivity contribution >= 4 is 21.6 Å². The van der Waals surface area contributed by atoms with E-state index in [1.165, 1.54) is 10.0 Å². The normalized spacial score (nSPS) is 10.9. The van der Waals surface area contributed by atoms with Crippen molar-refractivity contribution in [3.8, 4) is 5.69 Å². The van der Waals surface area contributed by atoms with E-state index in [-0.39, 0.29) is 11.4 Å². The van der Waals surface area contributed by atoms with Gasteiger partial charge in [0.05, 0.1) is 15.8 Å². The van der Waals surface area contributed by atoms with Gasteiger partial charge in [0.1, 0.15) is 5.82 Å². The first kappa shape index (κ1) is 10.2. The van der Waals surface area contributed by atoms with E-state index in [0.717, 1.165) is 17.2 Å². The lowest BCUT2D eigenvalue weighted by Gasteiger charge is -1.97. The molecule has 0 aliphatic rings. The van der Waals surface area contributed by atoms with Crippen LogP contribution in [0.3, 0.4) is 0 Å². The maximum Gasteiger partial charge on any atom is 0.273 e. The average molecular weight is 245 g/mol. The van der Waals surface area contributed by atoms with Crippen LogP contribution < -0.4 is 5.56 Å².